The molecule has 6 heterocycles. The lowest BCUT2D eigenvalue weighted by atomic mass is 10.0. The van der Waals surface area contributed by atoms with Crippen LogP contribution >= 0.6 is 0 Å². The van der Waals surface area contributed by atoms with Crippen molar-refractivity contribution in [3.05, 3.63) is 116 Å². The molecule has 3 N–H and O–H groups in total. The van der Waals surface area contributed by atoms with Crippen LogP contribution in [0.4, 0.5) is 5.69 Å². The lowest BCUT2D eigenvalue weighted by Gasteiger charge is -2.11. The van der Waals surface area contributed by atoms with Gasteiger partial charge >= 0.3 is 0 Å². The SMILES string of the molecule is C=C(Nc1cncc(-c2cnc3[nH]nc(-c4cc5c(-c6ccncc6)cncc5[nH]4)c3c2)c1)c1ccccc1. The Kier molecular flexibility index (Phi) is 5.41. The van der Waals surface area contributed by atoms with Crippen molar-refractivity contribution < 1.29 is 0 Å². The minimum absolute atomic E-state index is 0.708. The fraction of sp³-hybridized carbons (Fsp3) is 0. The molecular formula is C31H22N8. The summed E-state index contributed by atoms with van der Waals surface area (Å²) in [6.07, 6.45) is 12.7. The Labute approximate surface area is 223 Å². The molecule has 7 aromatic rings. The summed E-state index contributed by atoms with van der Waals surface area (Å²) in [5.74, 6) is 0. The van der Waals surface area contributed by atoms with Crippen LogP contribution < -0.4 is 5.32 Å². The van der Waals surface area contributed by atoms with Gasteiger partial charge in [-0.25, -0.2) is 4.98 Å². The molecule has 0 radical (unpaired) electrons. The van der Waals surface area contributed by atoms with Gasteiger partial charge in [-0.05, 0) is 41.5 Å². The van der Waals surface area contributed by atoms with Crippen molar-refractivity contribution in [1.82, 2.24) is 35.1 Å². The van der Waals surface area contributed by atoms with Crippen LogP contribution in [-0.2, 0) is 0 Å². The molecule has 0 aliphatic carbocycles. The number of aromatic nitrogens is 7. The Hall–Kier alpha value is -5.63. The molecule has 0 bridgehead atoms. The summed E-state index contributed by atoms with van der Waals surface area (Å²) in [6.45, 7) is 4.17. The van der Waals surface area contributed by atoms with Gasteiger partial charge in [0.15, 0.2) is 5.65 Å². The number of H-pyrrole nitrogens is 2. The molecule has 0 fully saturated rings. The molecule has 0 amide bonds. The van der Waals surface area contributed by atoms with Crippen LogP contribution in [0.2, 0.25) is 0 Å². The monoisotopic (exact) mass is 506 g/mol. The van der Waals surface area contributed by atoms with Crippen molar-refractivity contribution in [1.29, 1.82) is 0 Å². The summed E-state index contributed by atoms with van der Waals surface area (Å²) in [6, 6.07) is 20.2. The minimum Gasteiger partial charge on any atom is -0.354 e. The highest BCUT2D eigenvalue weighted by atomic mass is 15.2. The number of fused-ring (bicyclic) bond motifs is 2. The van der Waals surface area contributed by atoms with E-state index in [1.807, 2.05) is 73.3 Å². The van der Waals surface area contributed by atoms with E-state index in [1.54, 1.807) is 18.6 Å². The van der Waals surface area contributed by atoms with Crippen LogP contribution in [-0.4, -0.2) is 35.1 Å². The second-order valence-electron chi connectivity index (χ2n) is 9.19. The van der Waals surface area contributed by atoms with Gasteiger partial charge in [0.25, 0.3) is 0 Å². The van der Waals surface area contributed by atoms with E-state index in [2.05, 4.69) is 59.1 Å². The fourth-order valence-corrected chi connectivity index (χ4v) is 4.76. The number of nitrogens with one attached hydrogen (secondary N) is 3. The van der Waals surface area contributed by atoms with Crippen molar-refractivity contribution in [3.8, 4) is 33.6 Å². The smallest absolute Gasteiger partial charge is 0.155 e. The molecule has 0 saturated heterocycles. The number of hydrogen-bond donors (Lipinski definition) is 3. The van der Waals surface area contributed by atoms with Gasteiger partial charge in [-0.1, -0.05) is 36.9 Å². The number of rotatable bonds is 6. The normalized spacial score (nSPS) is 11.2. The highest BCUT2D eigenvalue weighted by molar-refractivity contribution is 6.00. The van der Waals surface area contributed by atoms with Crippen molar-refractivity contribution in [2.75, 3.05) is 5.32 Å². The Morgan fingerprint density at radius 1 is 0.744 bits per heavy atom. The van der Waals surface area contributed by atoms with Crippen molar-refractivity contribution in [2.45, 2.75) is 0 Å². The molecule has 1 aromatic carbocycles. The number of hydrogen-bond acceptors (Lipinski definition) is 6. The van der Waals surface area contributed by atoms with Crippen LogP contribution in [0.1, 0.15) is 5.56 Å². The summed E-state index contributed by atoms with van der Waals surface area (Å²) in [5.41, 5.74) is 9.94. The van der Waals surface area contributed by atoms with Crippen LogP contribution in [0.15, 0.2) is 111 Å². The predicted octanol–water partition coefficient (Wildman–Crippen LogP) is 6.71. The Balaban J connectivity index is 1.25. The Bertz CT molecular complexity index is 1960. The van der Waals surface area contributed by atoms with Crippen LogP contribution in [0.3, 0.4) is 0 Å². The van der Waals surface area contributed by atoms with Crippen LogP contribution in [0.25, 0.3) is 61.3 Å². The van der Waals surface area contributed by atoms with E-state index in [0.717, 1.165) is 66.9 Å². The number of anilines is 1. The highest BCUT2D eigenvalue weighted by Crippen LogP contribution is 2.34. The number of benzene rings is 1. The number of pyridine rings is 4. The third-order valence-corrected chi connectivity index (χ3v) is 6.70. The zero-order valence-corrected chi connectivity index (χ0v) is 20.8. The second-order valence-corrected chi connectivity index (χ2v) is 9.19. The van der Waals surface area contributed by atoms with E-state index in [0.29, 0.717) is 5.65 Å². The minimum atomic E-state index is 0.708. The third-order valence-electron chi connectivity index (χ3n) is 6.70. The average Bonchev–Trinajstić information content (AvgIpc) is 3.62. The van der Waals surface area contributed by atoms with Gasteiger partial charge in [0.2, 0.25) is 0 Å². The van der Waals surface area contributed by atoms with E-state index >= 15 is 0 Å². The van der Waals surface area contributed by atoms with E-state index < -0.39 is 0 Å². The molecule has 186 valence electrons. The first-order valence-corrected chi connectivity index (χ1v) is 12.4. The van der Waals surface area contributed by atoms with Crippen LogP contribution in [0.5, 0.6) is 0 Å². The van der Waals surface area contributed by atoms with Gasteiger partial charge in [0.1, 0.15) is 5.69 Å². The average molecular weight is 507 g/mol. The Morgan fingerprint density at radius 2 is 1.56 bits per heavy atom. The molecule has 0 aliphatic rings. The molecule has 8 heteroatoms. The first-order chi connectivity index (χ1) is 19.2. The standard InChI is InChI=1S/C31H22N8/c1-19(20-5-3-2-4-6-20)36-24-11-22(14-33-16-24)23-12-26-30(38-39-31(26)35-15-23)28-13-25-27(17-34-18-29(25)37-28)21-7-9-32-10-8-21/h2-18,36-37H,1H2,(H,35,38,39). The summed E-state index contributed by atoms with van der Waals surface area (Å²) >= 11 is 0. The van der Waals surface area contributed by atoms with Gasteiger partial charge in [-0.3, -0.25) is 20.1 Å². The lowest BCUT2D eigenvalue weighted by Crippen LogP contribution is -1.98. The quantitative estimate of drug-likeness (QED) is 0.231. The van der Waals surface area contributed by atoms with Crippen molar-refractivity contribution >= 4 is 33.3 Å². The zero-order valence-electron chi connectivity index (χ0n) is 20.8. The van der Waals surface area contributed by atoms with Gasteiger partial charge in [-0.2, -0.15) is 5.10 Å². The van der Waals surface area contributed by atoms with Gasteiger partial charge < -0.3 is 10.3 Å². The van der Waals surface area contributed by atoms with Crippen molar-refractivity contribution in [2.24, 2.45) is 0 Å². The number of nitrogens with zero attached hydrogens (tertiary/aromatic N) is 5. The van der Waals surface area contributed by atoms with Gasteiger partial charge in [0, 0.05) is 64.1 Å². The summed E-state index contributed by atoms with van der Waals surface area (Å²) in [4.78, 5) is 21.2. The van der Waals surface area contributed by atoms with Crippen LogP contribution in [0, 0.1) is 0 Å². The highest BCUT2D eigenvalue weighted by Gasteiger charge is 2.15. The van der Waals surface area contributed by atoms with Crippen molar-refractivity contribution in [3.63, 3.8) is 0 Å². The van der Waals surface area contributed by atoms with Gasteiger partial charge in [0.05, 0.1) is 29.3 Å². The topological polar surface area (TPSA) is 108 Å². The van der Waals surface area contributed by atoms with E-state index in [1.165, 1.54) is 0 Å². The molecule has 39 heavy (non-hydrogen) atoms. The molecule has 7 rings (SSSR count). The number of aromatic amines is 2. The molecule has 0 aliphatic heterocycles. The summed E-state index contributed by atoms with van der Waals surface area (Å²) < 4.78 is 0. The molecule has 8 nitrogen and oxygen atoms in total. The molecule has 6 aromatic heterocycles. The maximum absolute atomic E-state index is 4.64. The van der Waals surface area contributed by atoms with Gasteiger partial charge in [-0.15, -0.1) is 0 Å². The van der Waals surface area contributed by atoms with E-state index in [-0.39, 0.29) is 0 Å². The molecule has 0 unspecified atom stereocenters. The summed E-state index contributed by atoms with van der Waals surface area (Å²) in [5, 5.41) is 13.0. The molecule has 0 spiro atoms. The first kappa shape index (κ1) is 22.6. The second kappa shape index (κ2) is 9.35. The Morgan fingerprint density at radius 3 is 2.44 bits per heavy atom. The molecule has 0 atom stereocenters. The zero-order chi connectivity index (χ0) is 26.2. The summed E-state index contributed by atoms with van der Waals surface area (Å²) in [7, 11) is 0. The third kappa shape index (κ3) is 4.19. The van der Waals surface area contributed by atoms with E-state index in [4.69, 9.17) is 0 Å². The first-order valence-electron chi connectivity index (χ1n) is 12.4. The molecule has 0 saturated carbocycles. The maximum atomic E-state index is 4.64. The van der Waals surface area contributed by atoms with E-state index in [9.17, 15) is 0 Å². The fourth-order valence-electron chi connectivity index (χ4n) is 4.76. The lowest BCUT2D eigenvalue weighted by molar-refractivity contribution is 1.10. The largest absolute Gasteiger partial charge is 0.354 e. The molecular weight excluding hydrogens is 484 g/mol. The maximum Gasteiger partial charge on any atom is 0.155 e. The predicted molar refractivity (Wildman–Crippen MR) is 155 cm³/mol.